The number of halogens is 1. The summed E-state index contributed by atoms with van der Waals surface area (Å²) in [6.45, 7) is 5.56. The van der Waals surface area contributed by atoms with E-state index in [0.29, 0.717) is 26.1 Å². The zero-order chi connectivity index (χ0) is 17.9. The summed E-state index contributed by atoms with van der Waals surface area (Å²) in [6.07, 6.45) is 7.75. The Hall–Kier alpha value is -0.370. The summed E-state index contributed by atoms with van der Waals surface area (Å²) in [6, 6.07) is 0. The van der Waals surface area contributed by atoms with Crippen molar-refractivity contribution in [1.29, 1.82) is 0 Å². The zero-order valence-electron chi connectivity index (χ0n) is 15.8. The SMILES string of the molecule is CC1(CNS(=O)(=O)C2CCCN(C(=O)C3CCCC3)C2)CCCNC1.Cl. The molecule has 0 radical (unpaired) electrons. The third-order valence-corrected chi connectivity index (χ3v) is 8.03. The average Bonchev–Trinajstić information content (AvgIpc) is 3.15. The van der Waals surface area contributed by atoms with Gasteiger partial charge in [-0.25, -0.2) is 13.1 Å². The van der Waals surface area contributed by atoms with Gasteiger partial charge < -0.3 is 10.2 Å². The molecule has 2 atom stereocenters. The first kappa shape index (κ1) is 21.9. The summed E-state index contributed by atoms with van der Waals surface area (Å²) in [5, 5.41) is 2.89. The molecule has 26 heavy (non-hydrogen) atoms. The summed E-state index contributed by atoms with van der Waals surface area (Å²) >= 11 is 0. The first-order valence-corrected chi connectivity index (χ1v) is 11.4. The Labute approximate surface area is 164 Å². The van der Waals surface area contributed by atoms with Crippen LogP contribution in [0.3, 0.4) is 0 Å². The van der Waals surface area contributed by atoms with Gasteiger partial charge in [-0.3, -0.25) is 4.79 Å². The van der Waals surface area contributed by atoms with Crippen molar-refractivity contribution in [1.82, 2.24) is 14.9 Å². The Kier molecular flexibility index (Phi) is 7.77. The lowest BCUT2D eigenvalue weighted by molar-refractivity contribution is -0.136. The molecule has 8 heteroatoms. The fourth-order valence-corrected chi connectivity index (χ4v) is 6.12. The lowest BCUT2D eigenvalue weighted by atomic mass is 9.83. The Morgan fingerprint density at radius 1 is 1.19 bits per heavy atom. The molecule has 1 aliphatic carbocycles. The number of hydrogen-bond donors (Lipinski definition) is 2. The number of hydrogen-bond acceptors (Lipinski definition) is 4. The topological polar surface area (TPSA) is 78.5 Å². The lowest BCUT2D eigenvalue weighted by Crippen LogP contribution is -2.52. The molecule has 0 aromatic carbocycles. The van der Waals surface area contributed by atoms with Gasteiger partial charge in [0.2, 0.25) is 15.9 Å². The molecule has 3 rings (SSSR count). The minimum absolute atomic E-state index is 0. The predicted octanol–water partition coefficient (Wildman–Crippen LogP) is 1.90. The van der Waals surface area contributed by atoms with Crippen molar-refractivity contribution in [3.05, 3.63) is 0 Å². The minimum atomic E-state index is -3.38. The van der Waals surface area contributed by atoms with Crippen molar-refractivity contribution in [2.24, 2.45) is 11.3 Å². The second-order valence-electron chi connectivity index (χ2n) is 8.49. The van der Waals surface area contributed by atoms with Gasteiger partial charge in [-0.1, -0.05) is 19.8 Å². The molecule has 1 saturated carbocycles. The molecular weight excluding hydrogens is 374 g/mol. The predicted molar refractivity (Wildman–Crippen MR) is 106 cm³/mol. The summed E-state index contributed by atoms with van der Waals surface area (Å²) in [5.41, 5.74) is -0.0145. The van der Waals surface area contributed by atoms with Crippen LogP contribution < -0.4 is 10.0 Å². The summed E-state index contributed by atoms with van der Waals surface area (Å²) in [7, 11) is -3.38. The summed E-state index contributed by atoms with van der Waals surface area (Å²) < 4.78 is 28.4. The quantitative estimate of drug-likeness (QED) is 0.729. The molecule has 6 nitrogen and oxygen atoms in total. The fourth-order valence-electron chi connectivity index (χ4n) is 4.48. The van der Waals surface area contributed by atoms with Crippen molar-refractivity contribution in [3.8, 4) is 0 Å². The number of amides is 1. The van der Waals surface area contributed by atoms with Crippen LogP contribution >= 0.6 is 12.4 Å². The van der Waals surface area contributed by atoms with Crippen LogP contribution in [0.1, 0.15) is 58.3 Å². The number of sulfonamides is 1. The highest BCUT2D eigenvalue weighted by Gasteiger charge is 2.37. The van der Waals surface area contributed by atoms with Gasteiger partial charge in [0, 0.05) is 32.1 Å². The lowest BCUT2D eigenvalue weighted by Gasteiger charge is -2.36. The highest BCUT2D eigenvalue weighted by molar-refractivity contribution is 7.90. The maximum atomic E-state index is 12.8. The van der Waals surface area contributed by atoms with Gasteiger partial charge in [0.25, 0.3) is 0 Å². The molecule has 0 aromatic heterocycles. The first-order valence-electron chi connectivity index (χ1n) is 9.88. The molecule has 0 spiro atoms. The molecule has 0 bridgehead atoms. The number of carbonyl (C=O) groups is 1. The van der Waals surface area contributed by atoms with Crippen LogP contribution in [-0.4, -0.2) is 57.2 Å². The number of likely N-dealkylation sites (tertiary alicyclic amines) is 1. The second-order valence-corrected chi connectivity index (χ2v) is 10.5. The van der Waals surface area contributed by atoms with E-state index in [2.05, 4.69) is 17.0 Å². The monoisotopic (exact) mass is 407 g/mol. The van der Waals surface area contributed by atoms with Crippen LogP contribution in [0.15, 0.2) is 0 Å². The van der Waals surface area contributed by atoms with Crippen molar-refractivity contribution in [3.63, 3.8) is 0 Å². The van der Waals surface area contributed by atoms with E-state index in [1.807, 2.05) is 4.90 Å². The maximum Gasteiger partial charge on any atom is 0.225 e. The van der Waals surface area contributed by atoms with Crippen LogP contribution in [0.4, 0.5) is 0 Å². The molecule has 2 saturated heterocycles. The molecule has 2 N–H and O–H groups in total. The summed E-state index contributed by atoms with van der Waals surface area (Å²) in [5.74, 6) is 0.308. The maximum absolute atomic E-state index is 12.8. The molecule has 2 heterocycles. The number of nitrogens with one attached hydrogen (secondary N) is 2. The van der Waals surface area contributed by atoms with Crippen LogP contribution in [0.25, 0.3) is 0 Å². The number of carbonyl (C=O) groups excluding carboxylic acids is 1. The first-order chi connectivity index (χ1) is 11.9. The standard InChI is InChI=1S/C18H33N3O3S.ClH/c1-18(9-5-10-19-13-18)14-20-25(23,24)16-8-4-11-21(12-16)17(22)15-6-2-3-7-15;/h15-16,19-20H,2-14H2,1H3;1H. The highest BCUT2D eigenvalue weighted by atomic mass is 35.5. The fraction of sp³-hybridized carbons (Fsp3) is 0.944. The van der Waals surface area contributed by atoms with Gasteiger partial charge in [-0.05, 0) is 50.5 Å². The number of nitrogens with zero attached hydrogens (tertiary/aromatic N) is 1. The van der Waals surface area contributed by atoms with E-state index in [0.717, 1.165) is 58.0 Å². The van der Waals surface area contributed by atoms with Gasteiger partial charge in [-0.2, -0.15) is 0 Å². The third-order valence-electron chi connectivity index (χ3n) is 6.22. The Bertz CT molecular complexity index is 572. The van der Waals surface area contributed by atoms with E-state index >= 15 is 0 Å². The molecular formula is C18H34ClN3O3S. The largest absolute Gasteiger partial charge is 0.341 e. The average molecular weight is 408 g/mol. The van der Waals surface area contributed by atoms with Gasteiger partial charge >= 0.3 is 0 Å². The third kappa shape index (κ3) is 5.33. The molecule has 3 fully saturated rings. The number of rotatable bonds is 5. The highest BCUT2D eigenvalue weighted by Crippen LogP contribution is 2.29. The number of piperidine rings is 2. The van der Waals surface area contributed by atoms with E-state index in [1.165, 1.54) is 0 Å². The van der Waals surface area contributed by atoms with E-state index < -0.39 is 15.3 Å². The van der Waals surface area contributed by atoms with Gasteiger partial charge in [0.05, 0.1) is 5.25 Å². The zero-order valence-corrected chi connectivity index (χ0v) is 17.5. The van der Waals surface area contributed by atoms with E-state index in [-0.39, 0.29) is 29.6 Å². The van der Waals surface area contributed by atoms with Crippen molar-refractivity contribution in [2.45, 2.75) is 63.5 Å². The molecule has 2 unspecified atom stereocenters. The summed E-state index contributed by atoms with van der Waals surface area (Å²) in [4.78, 5) is 14.4. The van der Waals surface area contributed by atoms with E-state index in [4.69, 9.17) is 0 Å². The van der Waals surface area contributed by atoms with Crippen LogP contribution in [0.5, 0.6) is 0 Å². The molecule has 0 aromatic rings. The van der Waals surface area contributed by atoms with Gasteiger partial charge in [0.1, 0.15) is 0 Å². The Morgan fingerprint density at radius 2 is 1.92 bits per heavy atom. The van der Waals surface area contributed by atoms with Crippen molar-refractivity contribution < 1.29 is 13.2 Å². The van der Waals surface area contributed by atoms with E-state index in [9.17, 15) is 13.2 Å². The molecule has 152 valence electrons. The van der Waals surface area contributed by atoms with Crippen molar-refractivity contribution in [2.75, 3.05) is 32.7 Å². The van der Waals surface area contributed by atoms with Crippen LogP contribution in [0, 0.1) is 11.3 Å². The van der Waals surface area contributed by atoms with Gasteiger partial charge in [0.15, 0.2) is 0 Å². The Morgan fingerprint density at radius 3 is 2.58 bits per heavy atom. The van der Waals surface area contributed by atoms with Crippen LogP contribution in [-0.2, 0) is 14.8 Å². The van der Waals surface area contributed by atoms with E-state index in [1.54, 1.807) is 0 Å². The van der Waals surface area contributed by atoms with Gasteiger partial charge in [-0.15, -0.1) is 12.4 Å². The molecule has 3 aliphatic rings. The minimum Gasteiger partial charge on any atom is -0.341 e. The Balaban J connectivity index is 0.00000243. The normalized spacial score (nSPS) is 30.8. The molecule has 1 amide bonds. The van der Waals surface area contributed by atoms with Crippen molar-refractivity contribution >= 4 is 28.3 Å². The second kappa shape index (κ2) is 9.22. The van der Waals surface area contributed by atoms with Crippen LogP contribution in [0.2, 0.25) is 0 Å². The molecule has 2 aliphatic heterocycles. The smallest absolute Gasteiger partial charge is 0.225 e.